The van der Waals surface area contributed by atoms with Crippen LogP contribution in [0.25, 0.3) is 0 Å². The van der Waals surface area contributed by atoms with Gasteiger partial charge in [-0.15, -0.1) is 5.10 Å². The van der Waals surface area contributed by atoms with Crippen LogP contribution in [0.5, 0.6) is 0 Å². The molecular formula is C13H14F3N3S. The van der Waals surface area contributed by atoms with E-state index in [0.717, 1.165) is 16.6 Å². The second-order valence-electron chi connectivity index (χ2n) is 4.47. The molecule has 0 spiro atoms. The van der Waals surface area contributed by atoms with Crippen LogP contribution in [0.15, 0.2) is 24.3 Å². The van der Waals surface area contributed by atoms with E-state index in [-0.39, 0.29) is 6.04 Å². The molecule has 0 amide bonds. The number of likely N-dealkylation sites (N-methyl/N-ethyl adjacent to an activating group) is 1. The summed E-state index contributed by atoms with van der Waals surface area (Å²) in [6, 6.07) is 5.32. The molecule has 7 heteroatoms. The Bertz CT molecular complexity index is 580. The van der Waals surface area contributed by atoms with Crippen molar-refractivity contribution < 1.29 is 13.2 Å². The molecule has 0 saturated carbocycles. The maximum Gasteiger partial charge on any atom is 0.416 e. The number of hydrogen-bond donors (Lipinski definition) is 1. The highest BCUT2D eigenvalue weighted by atomic mass is 32.1. The summed E-state index contributed by atoms with van der Waals surface area (Å²) in [5.74, 6) is 0. The predicted octanol–water partition coefficient (Wildman–Crippen LogP) is 3.37. The molecule has 1 aromatic heterocycles. The average molecular weight is 301 g/mol. The molecule has 0 aliphatic rings. The van der Waals surface area contributed by atoms with Crippen molar-refractivity contribution in [2.75, 3.05) is 7.05 Å². The highest BCUT2D eigenvalue weighted by molar-refractivity contribution is 7.05. The highest BCUT2D eigenvalue weighted by Gasteiger charge is 2.30. The van der Waals surface area contributed by atoms with Gasteiger partial charge in [-0.05, 0) is 43.6 Å². The zero-order valence-corrected chi connectivity index (χ0v) is 11.8. The largest absolute Gasteiger partial charge is 0.416 e. The first kappa shape index (κ1) is 14.9. The summed E-state index contributed by atoms with van der Waals surface area (Å²) in [4.78, 5) is 0.949. The van der Waals surface area contributed by atoms with E-state index in [1.807, 2.05) is 6.92 Å². The number of nitrogens with zero attached hydrogens (tertiary/aromatic N) is 2. The van der Waals surface area contributed by atoms with Gasteiger partial charge < -0.3 is 5.32 Å². The van der Waals surface area contributed by atoms with E-state index >= 15 is 0 Å². The lowest BCUT2D eigenvalue weighted by molar-refractivity contribution is -0.137. The first-order valence-electron chi connectivity index (χ1n) is 6.04. The predicted molar refractivity (Wildman–Crippen MR) is 71.6 cm³/mol. The second-order valence-corrected chi connectivity index (χ2v) is 5.25. The summed E-state index contributed by atoms with van der Waals surface area (Å²) in [5, 5.41) is 7.03. The van der Waals surface area contributed by atoms with E-state index in [1.54, 1.807) is 13.1 Å². The van der Waals surface area contributed by atoms with Crippen LogP contribution in [0.4, 0.5) is 13.2 Å². The van der Waals surface area contributed by atoms with Crippen molar-refractivity contribution in [2.24, 2.45) is 0 Å². The summed E-state index contributed by atoms with van der Waals surface area (Å²) >= 11 is 1.27. The van der Waals surface area contributed by atoms with Gasteiger partial charge in [0, 0.05) is 6.04 Å². The minimum Gasteiger partial charge on any atom is -0.312 e. The second kappa shape index (κ2) is 5.88. The van der Waals surface area contributed by atoms with E-state index in [2.05, 4.69) is 14.9 Å². The average Bonchev–Trinajstić information content (AvgIpc) is 2.81. The minimum atomic E-state index is -4.31. The van der Waals surface area contributed by atoms with Crippen LogP contribution in [0.3, 0.4) is 0 Å². The SMILES string of the molecule is CNC(Cc1cccc(C(F)(F)F)c1)c1snnc1C. The summed E-state index contributed by atoms with van der Waals surface area (Å²) < 4.78 is 41.9. The molecule has 1 aromatic carbocycles. The molecule has 0 fully saturated rings. The summed E-state index contributed by atoms with van der Waals surface area (Å²) in [6.45, 7) is 1.84. The van der Waals surface area contributed by atoms with Crippen LogP contribution in [-0.2, 0) is 12.6 Å². The summed E-state index contributed by atoms with van der Waals surface area (Å²) in [7, 11) is 1.78. The Morgan fingerprint density at radius 2 is 2.10 bits per heavy atom. The topological polar surface area (TPSA) is 37.8 Å². The number of hydrogen-bond acceptors (Lipinski definition) is 4. The molecule has 1 unspecified atom stereocenters. The maximum absolute atomic E-state index is 12.7. The Morgan fingerprint density at radius 1 is 1.35 bits per heavy atom. The lowest BCUT2D eigenvalue weighted by Gasteiger charge is -2.16. The smallest absolute Gasteiger partial charge is 0.312 e. The fraction of sp³-hybridized carbons (Fsp3) is 0.385. The fourth-order valence-corrected chi connectivity index (χ4v) is 2.75. The summed E-state index contributed by atoms with van der Waals surface area (Å²) in [5.41, 5.74) is 0.817. The van der Waals surface area contributed by atoms with Crippen LogP contribution >= 0.6 is 11.5 Å². The molecule has 0 aliphatic carbocycles. The molecule has 108 valence electrons. The molecule has 0 radical (unpaired) electrons. The monoisotopic (exact) mass is 301 g/mol. The Morgan fingerprint density at radius 3 is 2.65 bits per heavy atom. The van der Waals surface area contributed by atoms with Gasteiger partial charge >= 0.3 is 6.18 Å². The van der Waals surface area contributed by atoms with E-state index in [0.29, 0.717) is 12.0 Å². The molecule has 2 rings (SSSR count). The normalized spacial score (nSPS) is 13.4. The van der Waals surface area contributed by atoms with Gasteiger partial charge in [0.1, 0.15) is 0 Å². The molecule has 1 N–H and O–H groups in total. The number of halogens is 3. The number of aromatic nitrogens is 2. The maximum atomic E-state index is 12.7. The van der Waals surface area contributed by atoms with Crippen LogP contribution < -0.4 is 5.32 Å². The van der Waals surface area contributed by atoms with Crippen LogP contribution in [-0.4, -0.2) is 16.6 Å². The third-order valence-electron chi connectivity index (χ3n) is 3.05. The van der Waals surface area contributed by atoms with Crippen molar-refractivity contribution in [2.45, 2.75) is 25.6 Å². The standard InChI is InChI=1S/C13H14F3N3S/c1-8-12(20-19-18-8)11(17-2)7-9-4-3-5-10(6-9)13(14,15)16/h3-6,11,17H,7H2,1-2H3. The van der Waals surface area contributed by atoms with Gasteiger partial charge in [-0.3, -0.25) is 0 Å². The van der Waals surface area contributed by atoms with Gasteiger partial charge in [0.25, 0.3) is 0 Å². The van der Waals surface area contributed by atoms with Gasteiger partial charge in [-0.25, -0.2) is 0 Å². The molecule has 0 aliphatic heterocycles. The van der Waals surface area contributed by atoms with Crippen LogP contribution in [0.1, 0.15) is 27.7 Å². The molecule has 0 bridgehead atoms. The van der Waals surface area contributed by atoms with E-state index in [4.69, 9.17) is 0 Å². The molecular weight excluding hydrogens is 287 g/mol. The van der Waals surface area contributed by atoms with Crippen molar-refractivity contribution in [1.29, 1.82) is 0 Å². The zero-order valence-electron chi connectivity index (χ0n) is 11.0. The van der Waals surface area contributed by atoms with Crippen LogP contribution in [0.2, 0.25) is 0 Å². The first-order valence-corrected chi connectivity index (χ1v) is 6.81. The number of benzene rings is 1. The Balaban J connectivity index is 2.23. The number of alkyl halides is 3. The lowest BCUT2D eigenvalue weighted by Crippen LogP contribution is -2.19. The van der Waals surface area contributed by atoms with Crippen molar-refractivity contribution in [3.05, 3.63) is 46.0 Å². The van der Waals surface area contributed by atoms with Crippen molar-refractivity contribution >= 4 is 11.5 Å². The molecule has 1 heterocycles. The molecule has 20 heavy (non-hydrogen) atoms. The molecule has 1 atom stereocenters. The van der Waals surface area contributed by atoms with Crippen LogP contribution in [0, 0.1) is 6.92 Å². The zero-order chi connectivity index (χ0) is 14.8. The molecule has 0 saturated heterocycles. The fourth-order valence-electron chi connectivity index (χ4n) is 1.99. The van der Waals surface area contributed by atoms with E-state index < -0.39 is 11.7 Å². The van der Waals surface area contributed by atoms with Crippen molar-refractivity contribution in [3.63, 3.8) is 0 Å². The van der Waals surface area contributed by atoms with Gasteiger partial charge in [0.05, 0.1) is 16.1 Å². The van der Waals surface area contributed by atoms with E-state index in [1.165, 1.54) is 23.7 Å². The van der Waals surface area contributed by atoms with Crippen molar-refractivity contribution in [3.8, 4) is 0 Å². The van der Waals surface area contributed by atoms with Crippen molar-refractivity contribution in [1.82, 2.24) is 14.9 Å². The van der Waals surface area contributed by atoms with Gasteiger partial charge in [-0.2, -0.15) is 13.2 Å². The lowest BCUT2D eigenvalue weighted by atomic mass is 10.0. The minimum absolute atomic E-state index is 0.0847. The Kier molecular flexibility index (Phi) is 4.39. The van der Waals surface area contributed by atoms with Gasteiger partial charge in [0.2, 0.25) is 0 Å². The molecule has 2 aromatic rings. The third kappa shape index (κ3) is 3.34. The number of aryl methyl sites for hydroxylation is 1. The molecule has 3 nitrogen and oxygen atoms in total. The Labute approximate surface area is 119 Å². The highest BCUT2D eigenvalue weighted by Crippen LogP contribution is 2.31. The summed E-state index contributed by atoms with van der Waals surface area (Å²) in [6.07, 6.45) is -3.85. The quantitative estimate of drug-likeness (QED) is 0.941. The number of rotatable bonds is 4. The van der Waals surface area contributed by atoms with Gasteiger partial charge in [0.15, 0.2) is 0 Å². The first-order chi connectivity index (χ1) is 9.41. The van der Waals surface area contributed by atoms with Gasteiger partial charge in [-0.1, -0.05) is 22.7 Å². The third-order valence-corrected chi connectivity index (χ3v) is 3.99. The Hall–Kier alpha value is -1.47. The van der Waals surface area contributed by atoms with E-state index in [9.17, 15) is 13.2 Å². The number of nitrogens with one attached hydrogen (secondary N) is 1.